The number of alkyl halides is 5. The van der Waals surface area contributed by atoms with Crippen molar-refractivity contribution in [3.8, 4) is 5.75 Å². The van der Waals surface area contributed by atoms with E-state index in [-0.39, 0.29) is 0 Å². The lowest BCUT2D eigenvalue weighted by molar-refractivity contribution is -0.207. The Balaban J connectivity index is 2.87. The van der Waals surface area contributed by atoms with E-state index in [9.17, 15) is 39.5 Å². The van der Waals surface area contributed by atoms with Crippen molar-refractivity contribution >= 4 is 0 Å². The van der Waals surface area contributed by atoms with Crippen LogP contribution in [0.25, 0.3) is 0 Å². The van der Waals surface area contributed by atoms with Gasteiger partial charge in [0.25, 0.3) is 0 Å². The van der Waals surface area contributed by atoms with Crippen LogP contribution in [-0.4, -0.2) is 18.2 Å². The van der Waals surface area contributed by atoms with E-state index in [1.807, 2.05) is 0 Å². The Kier molecular flexibility index (Phi) is 3.34. The van der Waals surface area contributed by atoms with Crippen molar-refractivity contribution in [2.45, 2.75) is 31.0 Å². The smallest absolute Gasteiger partial charge is 0.320 e. The summed E-state index contributed by atoms with van der Waals surface area (Å²) >= 11 is 0. The Morgan fingerprint density at radius 1 is 0.857 bits per heavy atom. The fourth-order valence-electron chi connectivity index (χ4n) is 1.85. The molecule has 0 aromatic heterocycles. The summed E-state index contributed by atoms with van der Waals surface area (Å²) in [5.41, 5.74) is -2.42. The van der Waals surface area contributed by atoms with Crippen molar-refractivity contribution in [1.82, 2.24) is 0 Å². The Labute approximate surface area is 111 Å². The molecule has 0 radical (unpaired) electrons. The van der Waals surface area contributed by atoms with Crippen LogP contribution in [0.15, 0.2) is 0 Å². The number of benzene rings is 1. The second-order valence-electron chi connectivity index (χ2n) is 4.38. The quantitative estimate of drug-likeness (QED) is 0.397. The number of fused-ring (bicyclic) bond motifs is 1. The average molecular weight is 324 g/mol. The minimum Gasteiger partial charge on any atom is -0.480 e. The molecule has 1 aromatic carbocycles. The molecule has 1 aliphatic heterocycles. The third kappa shape index (κ3) is 1.95. The summed E-state index contributed by atoms with van der Waals surface area (Å²) < 4.78 is 124. The van der Waals surface area contributed by atoms with Gasteiger partial charge in [0, 0.05) is 0 Å². The van der Waals surface area contributed by atoms with Gasteiger partial charge in [-0.15, -0.1) is 0 Å². The molecule has 0 bridgehead atoms. The highest BCUT2D eigenvalue weighted by Gasteiger charge is 2.65. The van der Waals surface area contributed by atoms with E-state index in [1.54, 1.807) is 0 Å². The summed E-state index contributed by atoms with van der Waals surface area (Å²) in [5, 5.41) is 0. The molecule has 118 valence electrons. The fourth-order valence-corrected chi connectivity index (χ4v) is 1.85. The monoisotopic (exact) mass is 324 g/mol. The van der Waals surface area contributed by atoms with Crippen LogP contribution in [-0.2, 0) is 5.92 Å². The third-order valence-electron chi connectivity index (χ3n) is 3.05. The van der Waals surface area contributed by atoms with E-state index in [0.717, 1.165) is 0 Å². The van der Waals surface area contributed by atoms with E-state index in [2.05, 4.69) is 4.74 Å². The van der Waals surface area contributed by atoms with E-state index in [0.29, 0.717) is 6.92 Å². The summed E-state index contributed by atoms with van der Waals surface area (Å²) in [5.74, 6) is -22.5. The minimum absolute atomic E-state index is 0.399. The first-order valence-electron chi connectivity index (χ1n) is 5.36. The summed E-state index contributed by atoms with van der Waals surface area (Å²) in [7, 11) is 0. The zero-order valence-electron chi connectivity index (χ0n) is 9.96. The van der Waals surface area contributed by atoms with Gasteiger partial charge in [0.2, 0.25) is 17.8 Å². The van der Waals surface area contributed by atoms with Crippen LogP contribution in [0.5, 0.6) is 5.75 Å². The van der Waals surface area contributed by atoms with Crippen LogP contribution in [0.4, 0.5) is 39.5 Å². The highest BCUT2D eigenvalue weighted by Crippen LogP contribution is 2.51. The SMILES string of the molecule is CC1Oc2c(F)c(F)c(F)c(F)c2C(F)(F)C(F)C1(F)F. The molecule has 2 unspecified atom stereocenters. The predicted molar refractivity (Wildman–Crippen MR) is 50.1 cm³/mol. The molecule has 1 aromatic rings. The molecule has 21 heavy (non-hydrogen) atoms. The fraction of sp³-hybridized carbons (Fsp3) is 0.455. The van der Waals surface area contributed by atoms with E-state index < -0.39 is 58.7 Å². The Morgan fingerprint density at radius 3 is 1.86 bits per heavy atom. The molecule has 0 fully saturated rings. The maximum atomic E-state index is 13.6. The molecule has 2 rings (SSSR count). The van der Waals surface area contributed by atoms with Crippen molar-refractivity contribution in [3.05, 3.63) is 28.8 Å². The van der Waals surface area contributed by atoms with E-state index in [4.69, 9.17) is 0 Å². The summed E-state index contributed by atoms with van der Waals surface area (Å²) in [6.45, 7) is 0.399. The second kappa shape index (κ2) is 4.44. The second-order valence-corrected chi connectivity index (χ2v) is 4.38. The van der Waals surface area contributed by atoms with Gasteiger partial charge in [-0.1, -0.05) is 0 Å². The van der Waals surface area contributed by atoms with Crippen LogP contribution in [0.1, 0.15) is 12.5 Å². The lowest BCUT2D eigenvalue weighted by Gasteiger charge is -2.26. The molecule has 0 aliphatic carbocycles. The molecule has 0 spiro atoms. The van der Waals surface area contributed by atoms with Crippen molar-refractivity contribution in [3.63, 3.8) is 0 Å². The summed E-state index contributed by atoms with van der Waals surface area (Å²) in [6, 6.07) is 0. The molecule has 1 nitrogen and oxygen atoms in total. The lowest BCUT2D eigenvalue weighted by Crippen LogP contribution is -2.48. The van der Waals surface area contributed by atoms with Gasteiger partial charge in [-0.05, 0) is 6.92 Å². The van der Waals surface area contributed by atoms with Crippen LogP contribution < -0.4 is 4.74 Å². The third-order valence-corrected chi connectivity index (χ3v) is 3.05. The Hall–Kier alpha value is -1.61. The number of hydrogen-bond acceptors (Lipinski definition) is 1. The molecular weight excluding hydrogens is 319 g/mol. The number of ether oxygens (including phenoxy) is 1. The first kappa shape index (κ1) is 15.8. The van der Waals surface area contributed by atoms with Gasteiger partial charge in [0.15, 0.2) is 23.5 Å². The van der Waals surface area contributed by atoms with Gasteiger partial charge in [0.05, 0.1) is 0 Å². The summed E-state index contributed by atoms with van der Waals surface area (Å²) in [4.78, 5) is 0. The highest BCUT2D eigenvalue weighted by atomic mass is 19.3. The van der Waals surface area contributed by atoms with Gasteiger partial charge in [0.1, 0.15) is 5.56 Å². The van der Waals surface area contributed by atoms with Gasteiger partial charge >= 0.3 is 11.8 Å². The molecular formula is C11H5F9O. The largest absolute Gasteiger partial charge is 0.480 e. The van der Waals surface area contributed by atoms with Gasteiger partial charge in [-0.3, -0.25) is 0 Å². The lowest BCUT2D eigenvalue weighted by atomic mass is 9.97. The predicted octanol–water partition coefficient (Wildman–Crippen LogP) is 4.09. The van der Waals surface area contributed by atoms with Crippen LogP contribution in [0.3, 0.4) is 0 Å². The average Bonchev–Trinajstić information content (AvgIpc) is 2.44. The van der Waals surface area contributed by atoms with Gasteiger partial charge < -0.3 is 4.74 Å². The number of hydrogen-bond donors (Lipinski definition) is 0. The van der Waals surface area contributed by atoms with Gasteiger partial charge in [-0.2, -0.15) is 22.0 Å². The summed E-state index contributed by atoms with van der Waals surface area (Å²) in [6.07, 6.45) is -6.99. The molecule has 1 heterocycles. The molecule has 2 atom stereocenters. The van der Waals surface area contributed by atoms with Crippen molar-refractivity contribution in [1.29, 1.82) is 0 Å². The Morgan fingerprint density at radius 2 is 1.33 bits per heavy atom. The van der Waals surface area contributed by atoms with Crippen molar-refractivity contribution in [2.24, 2.45) is 0 Å². The molecule has 0 N–H and O–H groups in total. The highest BCUT2D eigenvalue weighted by molar-refractivity contribution is 5.43. The molecule has 0 saturated carbocycles. The normalized spacial score (nSPS) is 26.8. The molecule has 0 saturated heterocycles. The maximum absolute atomic E-state index is 13.6. The zero-order chi connectivity index (χ0) is 16.3. The van der Waals surface area contributed by atoms with Crippen molar-refractivity contribution in [2.75, 3.05) is 0 Å². The molecule has 0 amide bonds. The van der Waals surface area contributed by atoms with Gasteiger partial charge in [-0.25, -0.2) is 17.6 Å². The number of rotatable bonds is 0. The standard InChI is InChI=1S/C11H5F9O/c1-2-10(17,18)9(16)11(19,20)3-4(12)5(13)6(14)7(15)8(3)21-2/h2,9H,1H3. The maximum Gasteiger partial charge on any atom is 0.320 e. The molecule has 10 heteroatoms. The minimum atomic E-state index is -5.33. The topological polar surface area (TPSA) is 9.23 Å². The first-order valence-corrected chi connectivity index (χ1v) is 5.36. The Bertz CT molecular complexity index is 598. The van der Waals surface area contributed by atoms with E-state index >= 15 is 0 Å². The first-order chi connectivity index (χ1) is 9.44. The van der Waals surface area contributed by atoms with Crippen molar-refractivity contribution < 1.29 is 44.3 Å². The van der Waals surface area contributed by atoms with Crippen LogP contribution >= 0.6 is 0 Å². The number of halogens is 9. The van der Waals surface area contributed by atoms with Crippen LogP contribution in [0, 0.1) is 23.3 Å². The zero-order valence-corrected chi connectivity index (χ0v) is 9.96. The van der Waals surface area contributed by atoms with E-state index in [1.165, 1.54) is 0 Å². The van der Waals surface area contributed by atoms with Crippen LogP contribution in [0.2, 0.25) is 0 Å². The molecule has 1 aliphatic rings.